The number of amides is 2. The molecule has 0 spiro atoms. The molecule has 176 valence electrons. The fourth-order valence-corrected chi connectivity index (χ4v) is 5.90. The van der Waals surface area contributed by atoms with E-state index in [1.54, 1.807) is 7.05 Å². The first-order valence-corrected chi connectivity index (χ1v) is 12.3. The maximum atomic E-state index is 13.6. The van der Waals surface area contributed by atoms with E-state index in [-0.39, 0.29) is 23.8 Å². The Bertz CT molecular complexity index is 1040. The van der Waals surface area contributed by atoms with Crippen molar-refractivity contribution in [3.8, 4) is 0 Å². The molecule has 0 radical (unpaired) electrons. The van der Waals surface area contributed by atoms with E-state index in [0.717, 1.165) is 50.0 Å². The van der Waals surface area contributed by atoms with Gasteiger partial charge in [-0.15, -0.1) is 0 Å². The third kappa shape index (κ3) is 4.08. The zero-order chi connectivity index (χ0) is 23.6. The van der Waals surface area contributed by atoms with Crippen LogP contribution in [0.5, 0.6) is 0 Å². The van der Waals surface area contributed by atoms with E-state index < -0.39 is 5.41 Å². The van der Waals surface area contributed by atoms with Crippen LogP contribution in [0.4, 0.5) is 5.69 Å². The molecule has 0 fully saturated rings. The number of benzene rings is 2. The van der Waals surface area contributed by atoms with E-state index in [1.807, 2.05) is 36.1 Å². The fraction of sp³-hybridized carbons (Fsp3) is 0.500. The predicted octanol–water partition coefficient (Wildman–Crippen LogP) is 4.39. The Labute approximate surface area is 198 Å². The van der Waals surface area contributed by atoms with Crippen LogP contribution < -0.4 is 10.2 Å². The summed E-state index contributed by atoms with van der Waals surface area (Å²) in [7, 11) is 1.62. The summed E-state index contributed by atoms with van der Waals surface area (Å²) >= 11 is 0. The molecule has 2 aromatic rings. The molecular formula is C28H37N3O2. The Balaban J connectivity index is 1.50. The molecule has 0 saturated heterocycles. The van der Waals surface area contributed by atoms with Gasteiger partial charge in [-0.1, -0.05) is 49.4 Å². The van der Waals surface area contributed by atoms with Crippen molar-refractivity contribution in [2.24, 2.45) is 0 Å². The summed E-state index contributed by atoms with van der Waals surface area (Å²) in [6.07, 6.45) is 4.44. The van der Waals surface area contributed by atoms with Gasteiger partial charge in [-0.25, -0.2) is 0 Å². The van der Waals surface area contributed by atoms with Crippen LogP contribution in [-0.2, 0) is 27.0 Å². The van der Waals surface area contributed by atoms with Gasteiger partial charge in [-0.2, -0.15) is 0 Å². The molecule has 1 aliphatic carbocycles. The lowest BCUT2D eigenvalue weighted by Crippen LogP contribution is -2.45. The van der Waals surface area contributed by atoms with Crippen molar-refractivity contribution in [2.45, 2.75) is 63.8 Å². The molecule has 4 rings (SSSR count). The first kappa shape index (κ1) is 23.5. The van der Waals surface area contributed by atoms with Gasteiger partial charge >= 0.3 is 0 Å². The van der Waals surface area contributed by atoms with Crippen LogP contribution in [0.25, 0.3) is 0 Å². The van der Waals surface area contributed by atoms with E-state index >= 15 is 0 Å². The minimum absolute atomic E-state index is 0.0340. The van der Waals surface area contributed by atoms with E-state index in [4.69, 9.17) is 0 Å². The molecule has 1 N–H and O–H groups in total. The Morgan fingerprint density at radius 3 is 2.48 bits per heavy atom. The van der Waals surface area contributed by atoms with Crippen LogP contribution in [0.1, 0.15) is 63.1 Å². The van der Waals surface area contributed by atoms with Crippen LogP contribution in [0.3, 0.4) is 0 Å². The van der Waals surface area contributed by atoms with Gasteiger partial charge in [-0.05, 0) is 68.8 Å². The normalized spacial score (nSPS) is 23.7. The SMILES string of the molecule is CCCN(CCCN1C(=O)C(C)(CC(=O)NC)c2ccccc21)C1(C)CCc2ccccc21. The summed E-state index contributed by atoms with van der Waals surface area (Å²) in [5, 5.41) is 2.68. The third-order valence-electron chi connectivity index (χ3n) is 7.78. The van der Waals surface area contributed by atoms with Crippen molar-refractivity contribution in [3.05, 3.63) is 65.2 Å². The van der Waals surface area contributed by atoms with E-state index in [9.17, 15) is 9.59 Å². The summed E-state index contributed by atoms with van der Waals surface area (Å²) < 4.78 is 0. The molecule has 0 bridgehead atoms. The van der Waals surface area contributed by atoms with Crippen molar-refractivity contribution < 1.29 is 9.59 Å². The number of aryl methyl sites for hydroxylation is 1. The summed E-state index contributed by atoms with van der Waals surface area (Å²) in [6, 6.07) is 16.8. The maximum Gasteiger partial charge on any atom is 0.237 e. The molecule has 2 atom stereocenters. The number of nitrogens with one attached hydrogen (secondary N) is 1. The minimum atomic E-state index is -0.809. The number of carbonyl (C=O) groups excluding carboxylic acids is 2. The van der Waals surface area contributed by atoms with Crippen LogP contribution >= 0.6 is 0 Å². The topological polar surface area (TPSA) is 52.7 Å². The van der Waals surface area contributed by atoms with Gasteiger partial charge < -0.3 is 10.2 Å². The van der Waals surface area contributed by atoms with Gasteiger partial charge in [0.25, 0.3) is 0 Å². The summed E-state index contributed by atoms with van der Waals surface area (Å²) in [4.78, 5) is 30.3. The molecule has 0 aromatic heterocycles. The highest BCUT2D eigenvalue weighted by Gasteiger charge is 2.48. The molecule has 5 heteroatoms. The van der Waals surface area contributed by atoms with Gasteiger partial charge in [0.1, 0.15) is 0 Å². The molecular weight excluding hydrogens is 410 g/mol. The molecule has 2 unspecified atom stereocenters. The van der Waals surface area contributed by atoms with Gasteiger partial charge in [0, 0.05) is 37.8 Å². The van der Waals surface area contributed by atoms with Crippen molar-refractivity contribution >= 4 is 17.5 Å². The van der Waals surface area contributed by atoms with E-state index in [2.05, 4.69) is 48.3 Å². The Hall–Kier alpha value is -2.66. The predicted molar refractivity (Wildman–Crippen MR) is 133 cm³/mol. The average Bonchev–Trinajstić information content (AvgIpc) is 3.27. The zero-order valence-electron chi connectivity index (χ0n) is 20.5. The summed E-state index contributed by atoms with van der Waals surface area (Å²) in [5.74, 6) is -0.0730. The molecule has 33 heavy (non-hydrogen) atoms. The number of para-hydroxylation sites is 1. The monoisotopic (exact) mass is 447 g/mol. The smallest absolute Gasteiger partial charge is 0.237 e. The van der Waals surface area contributed by atoms with Crippen molar-refractivity contribution in [1.29, 1.82) is 0 Å². The lowest BCUT2D eigenvalue weighted by Gasteiger charge is -2.40. The van der Waals surface area contributed by atoms with Crippen molar-refractivity contribution in [2.75, 3.05) is 31.6 Å². The summed E-state index contributed by atoms with van der Waals surface area (Å²) in [5.41, 5.74) is 4.08. The average molecular weight is 448 g/mol. The van der Waals surface area contributed by atoms with Crippen LogP contribution in [0.2, 0.25) is 0 Å². The highest BCUT2D eigenvalue weighted by molar-refractivity contribution is 6.09. The molecule has 1 aliphatic heterocycles. The quantitative estimate of drug-likeness (QED) is 0.620. The Kier molecular flexibility index (Phi) is 6.62. The number of fused-ring (bicyclic) bond motifs is 2. The first-order valence-electron chi connectivity index (χ1n) is 12.3. The van der Waals surface area contributed by atoms with E-state index in [1.165, 1.54) is 11.1 Å². The second-order valence-electron chi connectivity index (χ2n) is 9.93. The lowest BCUT2D eigenvalue weighted by atomic mass is 9.80. The lowest BCUT2D eigenvalue weighted by molar-refractivity contribution is -0.128. The maximum absolute atomic E-state index is 13.6. The minimum Gasteiger partial charge on any atom is -0.359 e. The van der Waals surface area contributed by atoms with Crippen LogP contribution in [0, 0.1) is 0 Å². The number of carbonyl (C=O) groups is 2. The van der Waals surface area contributed by atoms with Crippen LogP contribution in [0.15, 0.2) is 48.5 Å². The number of rotatable bonds is 9. The van der Waals surface area contributed by atoms with Gasteiger partial charge in [0.05, 0.1) is 5.41 Å². The first-order chi connectivity index (χ1) is 15.8. The number of hydrogen-bond acceptors (Lipinski definition) is 3. The Morgan fingerprint density at radius 2 is 1.76 bits per heavy atom. The molecule has 2 amide bonds. The van der Waals surface area contributed by atoms with Gasteiger partial charge in [0.2, 0.25) is 11.8 Å². The highest BCUT2D eigenvalue weighted by atomic mass is 16.2. The van der Waals surface area contributed by atoms with Crippen molar-refractivity contribution in [3.63, 3.8) is 0 Å². The molecule has 0 saturated carbocycles. The number of nitrogens with zero attached hydrogens (tertiary/aromatic N) is 2. The third-order valence-corrected chi connectivity index (χ3v) is 7.78. The zero-order valence-corrected chi connectivity index (χ0v) is 20.5. The summed E-state index contributed by atoms with van der Waals surface area (Å²) in [6.45, 7) is 9.17. The second kappa shape index (κ2) is 9.30. The highest BCUT2D eigenvalue weighted by Crippen LogP contribution is 2.44. The van der Waals surface area contributed by atoms with E-state index in [0.29, 0.717) is 6.54 Å². The number of hydrogen-bond donors (Lipinski definition) is 1. The molecule has 2 aliphatic rings. The molecule has 2 aromatic carbocycles. The Morgan fingerprint density at radius 1 is 1.06 bits per heavy atom. The van der Waals surface area contributed by atoms with Crippen molar-refractivity contribution in [1.82, 2.24) is 10.2 Å². The fourth-order valence-electron chi connectivity index (χ4n) is 5.90. The standard InChI is InChI=1S/C28H37N3O2/c1-5-17-30(28(3)16-15-21-11-6-7-12-22(21)28)18-10-19-31-24-14-9-8-13-23(24)27(2,26(31)33)20-25(32)29-4/h6-9,11-14H,5,10,15-20H2,1-4H3,(H,29,32). The van der Waals surface area contributed by atoms with Crippen LogP contribution in [-0.4, -0.2) is 43.4 Å². The molecule has 5 nitrogen and oxygen atoms in total. The second-order valence-corrected chi connectivity index (χ2v) is 9.93. The number of anilines is 1. The van der Waals surface area contributed by atoms with Gasteiger partial charge in [-0.3, -0.25) is 14.5 Å². The largest absolute Gasteiger partial charge is 0.359 e. The molecule has 1 heterocycles. The van der Waals surface area contributed by atoms with Gasteiger partial charge in [0.15, 0.2) is 0 Å².